The summed E-state index contributed by atoms with van der Waals surface area (Å²) >= 11 is 1.65. The van der Waals surface area contributed by atoms with Crippen molar-refractivity contribution in [1.29, 1.82) is 0 Å². The number of thioether (sulfide) groups is 1. The highest BCUT2D eigenvalue weighted by Crippen LogP contribution is 2.16. The Morgan fingerprint density at radius 3 is 2.86 bits per heavy atom. The number of nitrogens with two attached hydrogens (primary N) is 1. The van der Waals surface area contributed by atoms with Crippen molar-refractivity contribution in [3.63, 3.8) is 0 Å². The molecule has 1 aromatic heterocycles. The summed E-state index contributed by atoms with van der Waals surface area (Å²) in [5, 5.41) is 8.57. The molecule has 6 heteroatoms. The molecule has 0 bridgehead atoms. The Morgan fingerprint density at radius 1 is 1.50 bits per heavy atom. The van der Waals surface area contributed by atoms with Gasteiger partial charge in [0.15, 0.2) is 5.16 Å². The minimum atomic E-state index is 0.456. The molecule has 0 aromatic carbocycles. The number of anilines is 1. The van der Waals surface area contributed by atoms with E-state index in [1.165, 1.54) is 0 Å². The molecule has 5 nitrogen and oxygen atoms in total. The summed E-state index contributed by atoms with van der Waals surface area (Å²) < 4.78 is 7.01. The summed E-state index contributed by atoms with van der Waals surface area (Å²) in [5.41, 5.74) is 5.54. The molecule has 0 atom stereocenters. The highest BCUT2D eigenvalue weighted by Gasteiger charge is 2.04. The highest BCUT2D eigenvalue weighted by molar-refractivity contribution is 7.99. The SMILES string of the molecule is CCOCCCSc1nnc(N)n1C. The van der Waals surface area contributed by atoms with E-state index >= 15 is 0 Å². The van der Waals surface area contributed by atoms with Gasteiger partial charge in [-0.3, -0.25) is 4.57 Å². The van der Waals surface area contributed by atoms with Crippen LogP contribution in [0.25, 0.3) is 0 Å². The van der Waals surface area contributed by atoms with Crippen molar-refractivity contribution in [3.8, 4) is 0 Å². The monoisotopic (exact) mass is 216 g/mol. The van der Waals surface area contributed by atoms with Crippen molar-refractivity contribution in [2.75, 3.05) is 24.7 Å². The van der Waals surface area contributed by atoms with Crippen LogP contribution in [0.5, 0.6) is 0 Å². The second-order valence-electron chi connectivity index (χ2n) is 2.80. The minimum Gasteiger partial charge on any atom is -0.382 e. The molecule has 1 heterocycles. The first-order valence-electron chi connectivity index (χ1n) is 4.61. The smallest absolute Gasteiger partial charge is 0.222 e. The van der Waals surface area contributed by atoms with Gasteiger partial charge in [0.25, 0.3) is 0 Å². The van der Waals surface area contributed by atoms with Gasteiger partial charge in [-0.25, -0.2) is 0 Å². The maximum atomic E-state index is 5.54. The molecule has 80 valence electrons. The third kappa shape index (κ3) is 3.19. The molecule has 0 saturated carbocycles. The molecule has 2 N–H and O–H groups in total. The van der Waals surface area contributed by atoms with E-state index < -0.39 is 0 Å². The van der Waals surface area contributed by atoms with E-state index in [4.69, 9.17) is 10.5 Å². The zero-order chi connectivity index (χ0) is 10.4. The van der Waals surface area contributed by atoms with Crippen LogP contribution in [0.4, 0.5) is 5.95 Å². The number of hydrogen-bond donors (Lipinski definition) is 1. The van der Waals surface area contributed by atoms with Gasteiger partial charge in [0.1, 0.15) is 0 Å². The number of aromatic nitrogens is 3. The summed E-state index contributed by atoms with van der Waals surface area (Å²) in [6, 6.07) is 0. The third-order valence-electron chi connectivity index (χ3n) is 1.74. The second kappa shape index (κ2) is 5.87. The normalized spacial score (nSPS) is 10.7. The molecule has 0 aliphatic rings. The van der Waals surface area contributed by atoms with Gasteiger partial charge >= 0.3 is 0 Å². The van der Waals surface area contributed by atoms with Crippen molar-refractivity contribution >= 4 is 17.7 Å². The van der Waals surface area contributed by atoms with Crippen LogP contribution in [-0.2, 0) is 11.8 Å². The predicted octanol–water partition coefficient (Wildman–Crippen LogP) is 0.916. The summed E-state index contributed by atoms with van der Waals surface area (Å²) in [6.07, 6.45) is 1.02. The molecule has 14 heavy (non-hydrogen) atoms. The van der Waals surface area contributed by atoms with Crippen LogP contribution in [0.15, 0.2) is 5.16 Å². The predicted molar refractivity (Wildman–Crippen MR) is 57.2 cm³/mol. The van der Waals surface area contributed by atoms with E-state index in [0.29, 0.717) is 5.95 Å². The van der Waals surface area contributed by atoms with Crippen LogP contribution in [0.3, 0.4) is 0 Å². The van der Waals surface area contributed by atoms with Crippen molar-refractivity contribution < 1.29 is 4.74 Å². The molecule has 0 spiro atoms. The summed E-state index contributed by atoms with van der Waals surface area (Å²) in [5.74, 6) is 1.43. The molecule has 1 aromatic rings. The van der Waals surface area contributed by atoms with Crippen LogP contribution in [0.2, 0.25) is 0 Å². The zero-order valence-electron chi connectivity index (χ0n) is 8.56. The van der Waals surface area contributed by atoms with E-state index in [1.807, 2.05) is 14.0 Å². The molecule has 0 saturated heterocycles. The van der Waals surface area contributed by atoms with Crippen molar-refractivity contribution in [2.24, 2.45) is 7.05 Å². The first-order valence-corrected chi connectivity index (χ1v) is 5.59. The molecule has 0 amide bonds. The Balaban J connectivity index is 2.21. The molecular weight excluding hydrogens is 200 g/mol. The number of hydrogen-bond acceptors (Lipinski definition) is 5. The lowest BCUT2D eigenvalue weighted by Crippen LogP contribution is -1.99. The second-order valence-corrected chi connectivity index (χ2v) is 3.86. The van der Waals surface area contributed by atoms with E-state index in [0.717, 1.165) is 30.5 Å². The first-order chi connectivity index (χ1) is 6.75. The molecule has 0 fully saturated rings. The maximum Gasteiger partial charge on any atom is 0.222 e. The summed E-state index contributed by atoms with van der Waals surface area (Å²) in [7, 11) is 1.86. The van der Waals surface area contributed by atoms with Gasteiger partial charge in [0.2, 0.25) is 5.95 Å². The van der Waals surface area contributed by atoms with Gasteiger partial charge in [-0.15, -0.1) is 10.2 Å². The Hall–Kier alpha value is -0.750. The van der Waals surface area contributed by atoms with Gasteiger partial charge in [-0.1, -0.05) is 11.8 Å². The third-order valence-corrected chi connectivity index (χ3v) is 2.84. The Bertz CT molecular complexity index is 276. The topological polar surface area (TPSA) is 66.0 Å². The molecule has 0 unspecified atom stereocenters. The summed E-state index contributed by atoms with van der Waals surface area (Å²) in [6.45, 7) is 3.58. The zero-order valence-corrected chi connectivity index (χ0v) is 9.38. The van der Waals surface area contributed by atoms with Crippen LogP contribution in [0, 0.1) is 0 Å². The van der Waals surface area contributed by atoms with Gasteiger partial charge < -0.3 is 10.5 Å². The average molecular weight is 216 g/mol. The number of rotatable bonds is 6. The molecule has 1 rings (SSSR count). The fourth-order valence-electron chi connectivity index (χ4n) is 0.921. The van der Waals surface area contributed by atoms with E-state index in [2.05, 4.69) is 10.2 Å². The lowest BCUT2D eigenvalue weighted by Gasteiger charge is -2.01. The lowest BCUT2D eigenvalue weighted by atomic mass is 10.5. The Kier molecular flexibility index (Phi) is 4.75. The largest absolute Gasteiger partial charge is 0.382 e. The van der Waals surface area contributed by atoms with Crippen molar-refractivity contribution in [1.82, 2.24) is 14.8 Å². The fraction of sp³-hybridized carbons (Fsp3) is 0.750. The quantitative estimate of drug-likeness (QED) is 0.565. The molecule has 0 radical (unpaired) electrons. The Labute approximate surface area is 88.0 Å². The van der Waals surface area contributed by atoms with Crippen molar-refractivity contribution in [2.45, 2.75) is 18.5 Å². The number of nitrogen functional groups attached to an aromatic ring is 1. The van der Waals surface area contributed by atoms with Crippen LogP contribution in [-0.4, -0.2) is 33.7 Å². The van der Waals surface area contributed by atoms with Crippen molar-refractivity contribution in [3.05, 3.63) is 0 Å². The van der Waals surface area contributed by atoms with E-state index in [9.17, 15) is 0 Å². The average Bonchev–Trinajstić information content (AvgIpc) is 2.49. The minimum absolute atomic E-state index is 0.456. The molecular formula is C8H16N4OS. The van der Waals surface area contributed by atoms with Gasteiger partial charge in [0, 0.05) is 26.0 Å². The van der Waals surface area contributed by atoms with Gasteiger partial charge in [-0.05, 0) is 13.3 Å². The molecule has 0 aliphatic heterocycles. The van der Waals surface area contributed by atoms with Gasteiger partial charge in [-0.2, -0.15) is 0 Å². The summed E-state index contributed by atoms with van der Waals surface area (Å²) in [4.78, 5) is 0. The lowest BCUT2D eigenvalue weighted by molar-refractivity contribution is 0.149. The Morgan fingerprint density at radius 2 is 2.29 bits per heavy atom. The highest BCUT2D eigenvalue weighted by atomic mass is 32.2. The van der Waals surface area contributed by atoms with E-state index in [1.54, 1.807) is 16.3 Å². The first kappa shape index (κ1) is 11.3. The number of nitrogens with zero attached hydrogens (tertiary/aromatic N) is 3. The van der Waals surface area contributed by atoms with Crippen LogP contribution < -0.4 is 5.73 Å². The van der Waals surface area contributed by atoms with E-state index in [-0.39, 0.29) is 0 Å². The van der Waals surface area contributed by atoms with Gasteiger partial charge in [0.05, 0.1) is 0 Å². The number of ether oxygens (including phenoxy) is 1. The van der Waals surface area contributed by atoms with Crippen LogP contribution in [0.1, 0.15) is 13.3 Å². The fourth-order valence-corrected chi connectivity index (χ4v) is 1.75. The van der Waals surface area contributed by atoms with Crippen LogP contribution >= 0.6 is 11.8 Å². The molecule has 0 aliphatic carbocycles. The maximum absolute atomic E-state index is 5.54. The standard InChI is InChI=1S/C8H16N4OS/c1-3-13-5-4-6-14-8-11-10-7(9)12(8)2/h3-6H2,1-2H3,(H2,9,10).